The molecule has 0 heterocycles. The van der Waals surface area contributed by atoms with Crippen molar-refractivity contribution in [2.45, 2.75) is 19.5 Å². The van der Waals surface area contributed by atoms with Gasteiger partial charge in [-0.25, -0.2) is 4.39 Å². The Morgan fingerprint density at radius 2 is 1.77 bits per heavy atom. The fourth-order valence-corrected chi connectivity index (χ4v) is 1.90. The summed E-state index contributed by atoms with van der Waals surface area (Å²) >= 11 is 0. The average Bonchev–Trinajstić information content (AvgIpc) is 2.54. The lowest BCUT2D eigenvalue weighted by Crippen LogP contribution is -2.34. The Hall–Kier alpha value is -2.40. The van der Waals surface area contributed by atoms with Gasteiger partial charge in [-0.3, -0.25) is 4.79 Å². The lowest BCUT2D eigenvalue weighted by Gasteiger charge is -2.11. The number of aliphatic hydroxyl groups is 1. The first-order chi connectivity index (χ1) is 10.6. The second kappa shape index (κ2) is 7.56. The van der Waals surface area contributed by atoms with Crippen molar-refractivity contribution in [3.63, 3.8) is 0 Å². The van der Waals surface area contributed by atoms with Crippen molar-refractivity contribution in [1.29, 1.82) is 0 Å². The minimum absolute atomic E-state index is 0.0942. The van der Waals surface area contributed by atoms with Gasteiger partial charge < -0.3 is 15.7 Å². The minimum Gasteiger partial charge on any atom is -0.394 e. The number of amides is 1. The monoisotopic (exact) mass is 302 g/mol. The molecular weight excluding hydrogens is 283 g/mol. The summed E-state index contributed by atoms with van der Waals surface area (Å²) in [5.41, 5.74) is 2.38. The van der Waals surface area contributed by atoms with E-state index in [1.807, 2.05) is 12.1 Å². The zero-order chi connectivity index (χ0) is 15.9. The Bertz CT molecular complexity index is 612. The smallest absolute Gasteiger partial charge is 0.251 e. The largest absolute Gasteiger partial charge is 0.394 e. The topological polar surface area (TPSA) is 61.4 Å². The van der Waals surface area contributed by atoms with Crippen LogP contribution in [0.15, 0.2) is 48.5 Å². The van der Waals surface area contributed by atoms with Gasteiger partial charge in [0.25, 0.3) is 5.91 Å². The number of halogens is 1. The van der Waals surface area contributed by atoms with Gasteiger partial charge in [0.05, 0.1) is 6.61 Å². The van der Waals surface area contributed by atoms with Crippen LogP contribution in [0.4, 0.5) is 10.1 Å². The SMILES string of the molecule is CC(CO)NC(=O)c1ccc(NCc2ccc(F)cc2)cc1. The van der Waals surface area contributed by atoms with Crippen molar-refractivity contribution in [2.24, 2.45) is 0 Å². The van der Waals surface area contributed by atoms with Gasteiger partial charge in [0.15, 0.2) is 0 Å². The predicted molar refractivity (Wildman–Crippen MR) is 84.2 cm³/mol. The van der Waals surface area contributed by atoms with E-state index in [1.165, 1.54) is 12.1 Å². The lowest BCUT2D eigenvalue weighted by molar-refractivity contribution is 0.0922. The van der Waals surface area contributed by atoms with Crippen LogP contribution in [0.3, 0.4) is 0 Å². The number of rotatable bonds is 6. The van der Waals surface area contributed by atoms with E-state index in [1.54, 1.807) is 31.2 Å². The van der Waals surface area contributed by atoms with Crippen LogP contribution < -0.4 is 10.6 Å². The third-order valence-electron chi connectivity index (χ3n) is 3.21. The number of carbonyl (C=O) groups is 1. The maximum absolute atomic E-state index is 12.8. The molecule has 0 aliphatic rings. The fraction of sp³-hybridized carbons (Fsp3) is 0.235. The van der Waals surface area contributed by atoms with Gasteiger partial charge >= 0.3 is 0 Å². The van der Waals surface area contributed by atoms with Crippen molar-refractivity contribution >= 4 is 11.6 Å². The summed E-state index contributed by atoms with van der Waals surface area (Å²) < 4.78 is 12.8. The standard InChI is InChI=1S/C17H19FN2O2/c1-12(11-21)20-17(22)14-4-8-16(9-5-14)19-10-13-2-6-15(18)7-3-13/h2-9,12,19,21H,10-11H2,1H3,(H,20,22). The summed E-state index contributed by atoms with van der Waals surface area (Å²) in [5.74, 6) is -0.470. The van der Waals surface area contributed by atoms with E-state index >= 15 is 0 Å². The number of hydrogen-bond acceptors (Lipinski definition) is 3. The Kier molecular flexibility index (Phi) is 5.49. The van der Waals surface area contributed by atoms with E-state index in [2.05, 4.69) is 10.6 Å². The molecule has 4 nitrogen and oxygen atoms in total. The predicted octanol–water partition coefficient (Wildman–Crippen LogP) is 2.55. The molecule has 0 aliphatic heterocycles. The number of nitrogens with one attached hydrogen (secondary N) is 2. The van der Waals surface area contributed by atoms with Gasteiger partial charge in [-0.1, -0.05) is 12.1 Å². The zero-order valence-electron chi connectivity index (χ0n) is 12.3. The summed E-state index contributed by atoms with van der Waals surface area (Å²) in [5, 5.41) is 14.8. The van der Waals surface area contributed by atoms with Crippen LogP contribution in [0.1, 0.15) is 22.8 Å². The first kappa shape index (κ1) is 16.0. The number of aliphatic hydroxyl groups excluding tert-OH is 1. The Labute approximate surface area is 129 Å². The molecule has 0 saturated carbocycles. The molecule has 2 rings (SSSR count). The van der Waals surface area contributed by atoms with Gasteiger partial charge in [0.1, 0.15) is 5.82 Å². The third kappa shape index (κ3) is 4.56. The highest BCUT2D eigenvalue weighted by Gasteiger charge is 2.08. The molecule has 5 heteroatoms. The first-order valence-electron chi connectivity index (χ1n) is 7.08. The number of benzene rings is 2. The van der Waals surface area contributed by atoms with E-state index in [4.69, 9.17) is 5.11 Å². The fourth-order valence-electron chi connectivity index (χ4n) is 1.90. The van der Waals surface area contributed by atoms with E-state index in [9.17, 15) is 9.18 Å². The van der Waals surface area contributed by atoms with Crippen molar-refractivity contribution in [3.05, 3.63) is 65.5 Å². The molecule has 1 amide bonds. The molecule has 1 unspecified atom stereocenters. The summed E-state index contributed by atoms with van der Waals surface area (Å²) in [4.78, 5) is 11.9. The highest BCUT2D eigenvalue weighted by molar-refractivity contribution is 5.94. The van der Waals surface area contributed by atoms with Gasteiger partial charge in [-0.05, 0) is 48.9 Å². The van der Waals surface area contributed by atoms with E-state index in [0.717, 1.165) is 11.3 Å². The van der Waals surface area contributed by atoms with Crippen LogP contribution in [0.25, 0.3) is 0 Å². The maximum Gasteiger partial charge on any atom is 0.251 e. The first-order valence-corrected chi connectivity index (χ1v) is 7.08. The molecule has 0 aromatic heterocycles. The molecule has 0 saturated heterocycles. The molecule has 1 atom stereocenters. The zero-order valence-corrected chi connectivity index (χ0v) is 12.3. The van der Waals surface area contributed by atoms with Crippen molar-refractivity contribution in [3.8, 4) is 0 Å². The van der Waals surface area contributed by atoms with Crippen LogP contribution in [0.5, 0.6) is 0 Å². The summed E-state index contributed by atoms with van der Waals surface area (Å²) in [6.07, 6.45) is 0. The number of hydrogen-bond donors (Lipinski definition) is 3. The van der Waals surface area contributed by atoms with Crippen molar-refractivity contribution < 1.29 is 14.3 Å². The second-order valence-electron chi connectivity index (χ2n) is 5.11. The molecule has 2 aromatic rings. The molecule has 0 fully saturated rings. The molecule has 116 valence electrons. The van der Waals surface area contributed by atoms with E-state index in [0.29, 0.717) is 12.1 Å². The molecule has 0 radical (unpaired) electrons. The summed E-state index contributed by atoms with van der Waals surface area (Å²) in [6, 6.07) is 13.1. The van der Waals surface area contributed by atoms with Crippen molar-refractivity contribution in [1.82, 2.24) is 5.32 Å². The van der Waals surface area contributed by atoms with Gasteiger partial charge in [0.2, 0.25) is 0 Å². The Morgan fingerprint density at radius 3 is 2.36 bits per heavy atom. The second-order valence-corrected chi connectivity index (χ2v) is 5.11. The third-order valence-corrected chi connectivity index (χ3v) is 3.21. The minimum atomic E-state index is -0.274. The maximum atomic E-state index is 12.8. The molecule has 0 bridgehead atoms. The average molecular weight is 302 g/mol. The van der Waals surface area contributed by atoms with Crippen LogP contribution in [-0.2, 0) is 6.54 Å². The van der Waals surface area contributed by atoms with E-state index in [-0.39, 0.29) is 24.4 Å². The highest BCUT2D eigenvalue weighted by Crippen LogP contribution is 2.12. The molecule has 0 aliphatic carbocycles. The molecule has 0 spiro atoms. The lowest BCUT2D eigenvalue weighted by atomic mass is 10.1. The van der Waals surface area contributed by atoms with Gasteiger partial charge in [-0.2, -0.15) is 0 Å². The number of carbonyl (C=O) groups excluding carboxylic acids is 1. The Balaban J connectivity index is 1.91. The van der Waals surface area contributed by atoms with Crippen LogP contribution >= 0.6 is 0 Å². The summed E-state index contributed by atoms with van der Waals surface area (Å²) in [7, 11) is 0. The molecule has 3 N–H and O–H groups in total. The Morgan fingerprint density at radius 1 is 1.14 bits per heavy atom. The molecular formula is C17H19FN2O2. The van der Waals surface area contributed by atoms with E-state index < -0.39 is 0 Å². The van der Waals surface area contributed by atoms with Gasteiger partial charge in [-0.15, -0.1) is 0 Å². The van der Waals surface area contributed by atoms with Crippen molar-refractivity contribution in [2.75, 3.05) is 11.9 Å². The van der Waals surface area contributed by atoms with Crippen LogP contribution in [0, 0.1) is 5.82 Å². The number of anilines is 1. The normalized spacial score (nSPS) is 11.8. The van der Waals surface area contributed by atoms with Crippen LogP contribution in [0.2, 0.25) is 0 Å². The van der Waals surface area contributed by atoms with Crippen LogP contribution in [-0.4, -0.2) is 23.7 Å². The quantitative estimate of drug-likeness (QED) is 0.768. The van der Waals surface area contributed by atoms with Gasteiger partial charge in [0, 0.05) is 23.8 Å². The summed E-state index contributed by atoms with van der Waals surface area (Å²) in [6.45, 7) is 2.22. The highest BCUT2D eigenvalue weighted by atomic mass is 19.1. The molecule has 22 heavy (non-hydrogen) atoms. The molecule has 2 aromatic carbocycles.